The summed E-state index contributed by atoms with van der Waals surface area (Å²) in [6, 6.07) is 4.98. The Morgan fingerprint density at radius 2 is 2.00 bits per heavy atom. The van der Waals surface area contributed by atoms with Gasteiger partial charge in [-0.3, -0.25) is 0 Å². The van der Waals surface area contributed by atoms with Crippen molar-refractivity contribution in [3.8, 4) is 11.3 Å². The van der Waals surface area contributed by atoms with Gasteiger partial charge in [-0.2, -0.15) is 13.2 Å². The van der Waals surface area contributed by atoms with Gasteiger partial charge in [0.25, 0.3) is 0 Å². The minimum Gasteiger partial charge on any atom is -0.463 e. The molecule has 0 N–H and O–H groups in total. The molecule has 122 valence electrons. The molecule has 0 atom stereocenters. The molecule has 23 heavy (non-hydrogen) atoms. The van der Waals surface area contributed by atoms with Gasteiger partial charge in [0.15, 0.2) is 0 Å². The number of benzene rings is 1. The molecule has 2 rings (SSSR count). The zero-order valence-electron chi connectivity index (χ0n) is 12.0. The number of rotatable bonds is 4. The van der Waals surface area contributed by atoms with Crippen LogP contribution in [0.25, 0.3) is 17.4 Å². The Kier molecular flexibility index (Phi) is 4.88. The van der Waals surface area contributed by atoms with Crippen molar-refractivity contribution < 1.29 is 31.5 Å². The zero-order valence-corrected chi connectivity index (χ0v) is 12.0. The standard InChI is InChI=1S/C16H12F4O3/c1-2-22-15(21)6-4-13-3-5-14(23-13)10-7-11(16(18,19)20)9-12(17)8-10/h3-9H,2H2,1H3. The number of furan rings is 1. The number of ether oxygens (including phenoxy) is 1. The Morgan fingerprint density at radius 1 is 1.26 bits per heavy atom. The molecule has 0 saturated heterocycles. The summed E-state index contributed by atoms with van der Waals surface area (Å²) in [7, 11) is 0. The first-order valence-corrected chi connectivity index (χ1v) is 6.62. The highest BCUT2D eigenvalue weighted by Gasteiger charge is 2.31. The Hall–Kier alpha value is -2.57. The highest BCUT2D eigenvalue weighted by atomic mass is 19.4. The van der Waals surface area contributed by atoms with Gasteiger partial charge in [0.1, 0.15) is 17.3 Å². The second kappa shape index (κ2) is 6.68. The molecule has 2 aromatic rings. The van der Waals surface area contributed by atoms with Crippen molar-refractivity contribution >= 4 is 12.0 Å². The normalized spacial score (nSPS) is 11.9. The largest absolute Gasteiger partial charge is 0.463 e. The highest BCUT2D eigenvalue weighted by molar-refractivity contribution is 5.86. The van der Waals surface area contributed by atoms with Gasteiger partial charge < -0.3 is 9.15 Å². The number of carbonyl (C=O) groups is 1. The quantitative estimate of drug-likeness (QED) is 0.465. The van der Waals surface area contributed by atoms with E-state index in [0.717, 1.165) is 18.2 Å². The van der Waals surface area contributed by atoms with Crippen molar-refractivity contribution in [3.05, 3.63) is 53.5 Å². The molecular formula is C16H12F4O3. The molecule has 0 saturated carbocycles. The summed E-state index contributed by atoms with van der Waals surface area (Å²) >= 11 is 0. The van der Waals surface area contributed by atoms with Crippen molar-refractivity contribution in [1.82, 2.24) is 0 Å². The van der Waals surface area contributed by atoms with Crippen molar-refractivity contribution in [3.63, 3.8) is 0 Å². The maximum Gasteiger partial charge on any atom is 0.416 e. The van der Waals surface area contributed by atoms with Crippen LogP contribution in [-0.2, 0) is 15.7 Å². The summed E-state index contributed by atoms with van der Waals surface area (Å²) in [6.45, 7) is 1.87. The van der Waals surface area contributed by atoms with Crippen LogP contribution in [0.15, 0.2) is 40.8 Å². The first-order valence-electron chi connectivity index (χ1n) is 6.62. The Bertz CT molecular complexity index is 729. The van der Waals surface area contributed by atoms with E-state index in [1.807, 2.05) is 0 Å². The van der Waals surface area contributed by atoms with Gasteiger partial charge in [-0.05, 0) is 43.3 Å². The first-order chi connectivity index (χ1) is 10.8. The smallest absolute Gasteiger partial charge is 0.416 e. The molecule has 0 amide bonds. The van der Waals surface area contributed by atoms with Crippen molar-refractivity contribution in [1.29, 1.82) is 0 Å². The fourth-order valence-electron chi connectivity index (χ4n) is 1.83. The summed E-state index contributed by atoms with van der Waals surface area (Å²) in [4.78, 5) is 11.2. The van der Waals surface area contributed by atoms with E-state index in [0.29, 0.717) is 6.07 Å². The second-order valence-corrected chi connectivity index (χ2v) is 4.51. The molecule has 0 unspecified atom stereocenters. The van der Waals surface area contributed by atoms with Gasteiger partial charge >= 0.3 is 12.1 Å². The molecule has 0 spiro atoms. The lowest BCUT2D eigenvalue weighted by Crippen LogP contribution is -2.05. The number of alkyl halides is 3. The third-order valence-electron chi connectivity index (χ3n) is 2.81. The summed E-state index contributed by atoms with van der Waals surface area (Å²) in [6.07, 6.45) is -2.22. The number of hydrogen-bond acceptors (Lipinski definition) is 3. The summed E-state index contributed by atoms with van der Waals surface area (Å²) in [5.41, 5.74) is -1.15. The van der Waals surface area contributed by atoms with Crippen LogP contribution in [0.1, 0.15) is 18.2 Å². The van der Waals surface area contributed by atoms with Gasteiger partial charge in [0, 0.05) is 11.6 Å². The van der Waals surface area contributed by atoms with E-state index < -0.39 is 23.5 Å². The molecular weight excluding hydrogens is 316 g/mol. The van der Waals surface area contributed by atoms with E-state index in [4.69, 9.17) is 4.42 Å². The number of esters is 1. The van der Waals surface area contributed by atoms with Crippen LogP contribution >= 0.6 is 0 Å². The maximum atomic E-state index is 13.4. The van der Waals surface area contributed by atoms with Crippen LogP contribution in [0.3, 0.4) is 0 Å². The van der Waals surface area contributed by atoms with Gasteiger partial charge in [0.2, 0.25) is 0 Å². The average Bonchev–Trinajstić information content (AvgIpc) is 2.93. The van der Waals surface area contributed by atoms with E-state index in [-0.39, 0.29) is 23.7 Å². The summed E-state index contributed by atoms with van der Waals surface area (Å²) < 4.78 is 61.4. The summed E-state index contributed by atoms with van der Waals surface area (Å²) in [5, 5.41) is 0. The molecule has 0 bridgehead atoms. The molecule has 1 aromatic carbocycles. The minimum absolute atomic E-state index is 0.0480. The number of halogens is 4. The average molecular weight is 328 g/mol. The predicted octanol–water partition coefficient (Wildman–Crippen LogP) is 4.68. The lowest BCUT2D eigenvalue weighted by Gasteiger charge is -2.08. The van der Waals surface area contributed by atoms with Crippen LogP contribution in [0.2, 0.25) is 0 Å². The number of carbonyl (C=O) groups excluding carboxylic acids is 1. The minimum atomic E-state index is -4.66. The molecule has 1 aromatic heterocycles. The monoisotopic (exact) mass is 328 g/mol. The third-order valence-corrected chi connectivity index (χ3v) is 2.81. The predicted molar refractivity (Wildman–Crippen MR) is 74.8 cm³/mol. The van der Waals surface area contributed by atoms with Gasteiger partial charge in [-0.25, -0.2) is 9.18 Å². The lowest BCUT2D eigenvalue weighted by molar-refractivity contribution is -0.138. The number of hydrogen-bond donors (Lipinski definition) is 0. The van der Waals surface area contributed by atoms with E-state index in [1.54, 1.807) is 6.92 Å². The second-order valence-electron chi connectivity index (χ2n) is 4.51. The van der Waals surface area contributed by atoms with Gasteiger partial charge in [-0.1, -0.05) is 0 Å². The third kappa shape index (κ3) is 4.45. The Balaban J connectivity index is 2.27. The van der Waals surface area contributed by atoms with Gasteiger partial charge in [-0.15, -0.1) is 0 Å². The van der Waals surface area contributed by atoms with Crippen LogP contribution in [0.5, 0.6) is 0 Å². The Labute approximate surface area is 129 Å². The van der Waals surface area contributed by atoms with Crippen LogP contribution < -0.4 is 0 Å². The van der Waals surface area contributed by atoms with Crippen LogP contribution in [-0.4, -0.2) is 12.6 Å². The van der Waals surface area contributed by atoms with Crippen LogP contribution in [0.4, 0.5) is 17.6 Å². The van der Waals surface area contributed by atoms with Crippen LogP contribution in [0, 0.1) is 5.82 Å². The molecule has 1 heterocycles. The molecule has 0 aliphatic heterocycles. The van der Waals surface area contributed by atoms with Gasteiger partial charge in [0.05, 0.1) is 12.2 Å². The molecule has 0 aliphatic carbocycles. The van der Waals surface area contributed by atoms with Crippen molar-refractivity contribution in [2.45, 2.75) is 13.1 Å². The summed E-state index contributed by atoms with van der Waals surface area (Å²) in [5.74, 6) is -1.31. The highest BCUT2D eigenvalue weighted by Crippen LogP contribution is 2.33. The maximum absolute atomic E-state index is 13.4. The van der Waals surface area contributed by atoms with Crippen molar-refractivity contribution in [2.24, 2.45) is 0 Å². The van der Waals surface area contributed by atoms with E-state index in [1.165, 1.54) is 18.2 Å². The SMILES string of the molecule is CCOC(=O)C=Cc1ccc(-c2cc(F)cc(C(F)(F)F)c2)o1. The lowest BCUT2D eigenvalue weighted by atomic mass is 10.1. The topological polar surface area (TPSA) is 39.4 Å². The zero-order chi connectivity index (χ0) is 17.0. The Morgan fingerprint density at radius 3 is 2.65 bits per heavy atom. The fraction of sp³-hybridized carbons (Fsp3) is 0.188. The first kappa shape index (κ1) is 16.8. The van der Waals surface area contributed by atoms with E-state index in [9.17, 15) is 22.4 Å². The van der Waals surface area contributed by atoms with E-state index in [2.05, 4.69) is 4.74 Å². The van der Waals surface area contributed by atoms with E-state index >= 15 is 0 Å². The molecule has 0 fully saturated rings. The molecule has 7 heteroatoms. The van der Waals surface area contributed by atoms with Crippen molar-refractivity contribution in [2.75, 3.05) is 6.61 Å². The molecule has 3 nitrogen and oxygen atoms in total. The molecule has 0 radical (unpaired) electrons. The molecule has 0 aliphatic rings. The fourth-order valence-corrected chi connectivity index (χ4v) is 1.83.